The summed E-state index contributed by atoms with van der Waals surface area (Å²) in [5.74, 6) is 0. The molecule has 0 aliphatic rings. The van der Waals surface area contributed by atoms with Gasteiger partial charge in [0.2, 0.25) is 6.16 Å². The Morgan fingerprint density at radius 2 is 2.00 bits per heavy atom. The molecule has 0 spiro atoms. The third-order valence-corrected chi connectivity index (χ3v) is 2.76. The van der Waals surface area contributed by atoms with E-state index in [0.29, 0.717) is 6.61 Å². The molecule has 5 nitrogen and oxygen atoms in total. The molecule has 2 unspecified atom stereocenters. The highest BCUT2D eigenvalue weighted by atomic mass is 31.1. The van der Waals surface area contributed by atoms with Gasteiger partial charge in [-0.1, -0.05) is 0 Å². The molecular formula is C8H20NO4P+2. The molecule has 0 aromatic carbocycles. The van der Waals surface area contributed by atoms with Gasteiger partial charge in [0.15, 0.2) is 6.61 Å². The predicted octanol–water partition coefficient (Wildman–Crippen LogP) is -0.195. The number of likely N-dealkylation sites (N-methyl/N-ethyl adjacent to an activating group) is 1. The molecule has 0 fully saturated rings. The van der Waals surface area contributed by atoms with E-state index in [4.69, 9.17) is 14.7 Å². The van der Waals surface area contributed by atoms with Crippen LogP contribution in [-0.4, -0.2) is 67.9 Å². The van der Waals surface area contributed by atoms with Crippen molar-refractivity contribution in [3.8, 4) is 0 Å². The molecule has 0 bridgehead atoms. The van der Waals surface area contributed by atoms with Gasteiger partial charge < -0.3 is 14.7 Å². The maximum absolute atomic E-state index is 11.1. The van der Waals surface area contributed by atoms with Crippen molar-refractivity contribution in [1.29, 1.82) is 0 Å². The summed E-state index contributed by atoms with van der Waals surface area (Å²) in [4.78, 5) is 0. The molecule has 14 heavy (non-hydrogen) atoms. The van der Waals surface area contributed by atoms with Crippen molar-refractivity contribution < 1.29 is 23.8 Å². The lowest BCUT2D eigenvalue weighted by atomic mass is 10.4. The molecule has 2 N–H and O–H groups in total. The smallest absolute Gasteiger partial charge is 0.394 e. The molecule has 0 saturated carbocycles. The molecule has 0 aliphatic carbocycles. The SMILES string of the molecule is C[N+](C)(C)CCO[P+](=O)CC(O)CO. The molecule has 0 aromatic rings. The van der Waals surface area contributed by atoms with Crippen molar-refractivity contribution in [2.45, 2.75) is 6.10 Å². The number of hydrogen-bond acceptors (Lipinski definition) is 4. The summed E-state index contributed by atoms with van der Waals surface area (Å²) in [7, 11) is 4.19. The summed E-state index contributed by atoms with van der Waals surface area (Å²) in [6.45, 7) is 0.785. The normalized spacial score (nSPS) is 15.4. The highest BCUT2D eigenvalue weighted by molar-refractivity contribution is 7.39. The van der Waals surface area contributed by atoms with E-state index in [0.717, 1.165) is 11.0 Å². The summed E-state index contributed by atoms with van der Waals surface area (Å²) in [5, 5.41) is 17.5. The Bertz CT molecular complexity index is 181. The Balaban J connectivity index is 3.55. The minimum Gasteiger partial charge on any atom is -0.394 e. The molecule has 6 heteroatoms. The molecule has 0 saturated heterocycles. The average molecular weight is 225 g/mol. The standard InChI is InChI=1S/C8H20NO4P/c1-9(2,3)4-5-13-14(12)7-8(11)6-10/h8,10-11H,4-7H2,1-3H3/q+2. The number of aliphatic hydroxyl groups excluding tert-OH is 2. The van der Waals surface area contributed by atoms with Crippen LogP contribution in [0.5, 0.6) is 0 Å². The minimum atomic E-state index is -1.85. The maximum Gasteiger partial charge on any atom is 0.511 e. The summed E-state index contributed by atoms with van der Waals surface area (Å²) in [6.07, 6.45) is -0.939. The van der Waals surface area contributed by atoms with Crippen LogP contribution in [-0.2, 0) is 9.09 Å². The second-order valence-corrected chi connectivity index (χ2v) is 5.49. The summed E-state index contributed by atoms with van der Waals surface area (Å²) >= 11 is 0. The molecule has 0 amide bonds. The van der Waals surface area contributed by atoms with E-state index in [1.54, 1.807) is 0 Å². The Morgan fingerprint density at radius 1 is 1.43 bits per heavy atom. The van der Waals surface area contributed by atoms with Gasteiger partial charge in [-0.2, -0.15) is 0 Å². The van der Waals surface area contributed by atoms with Crippen LogP contribution < -0.4 is 0 Å². The van der Waals surface area contributed by atoms with Crippen LogP contribution in [0.1, 0.15) is 0 Å². The van der Waals surface area contributed by atoms with E-state index in [9.17, 15) is 4.57 Å². The summed E-state index contributed by atoms with van der Waals surface area (Å²) < 4.78 is 16.9. The molecule has 0 heterocycles. The minimum absolute atomic E-state index is 0.00295. The monoisotopic (exact) mass is 225 g/mol. The summed E-state index contributed by atoms with van der Waals surface area (Å²) in [5.41, 5.74) is 0. The van der Waals surface area contributed by atoms with Crippen LogP contribution in [0, 0.1) is 0 Å². The topological polar surface area (TPSA) is 66.8 Å². The van der Waals surface area contributed by atoms with Gasteiger partial charge in [-0.15, -0.1) is 4.52 Å². The first-order valence-corrected chi connectivity index (χ1v) is 5.88. The second kappa shape index (κ2) is 6.43. The van der Waals surface area contributed by atoms with Crippen molar-refractivity contribution in [3.05, 3.63) is 0 Å². The quantitative estimate of drug-likeness (QED) is 0.465. The molecule has 0 rings (SSSR count). The highest BCUT2D eigenvalue weighted by Gasteiger charge is 2.23. The predicted molar refractivity (Wildman–Crippen MR) is 54.4 cm³/mol. The first-order chi connectivity index (χ1) is 6.35. The molecule has 0 aliphatic heterocycles. The fourth-order valence-electron chi connectivity index (χ4n) is 0.699. The molecule has 0 aromatic heterocycles. The number of aliphatic hydroxyl groups is 2. The molecule has 0 radical (unpaired) electrons. The van der Waals surface area contributed by atoms with E-state index in [-0.39, 0.29) is 12.8 Å². The van der Waals surface area contributed by atoms with Crippen LogP contribution >= 0.6 is 8.03 Å². The van der Waals surface area contributed by atoms with Gasteiger partial charge in [0, 0.05) is 0 Å². The van der Waals surface area contributed by atoms with Crippen molar-refractivity contribution in [3.63, 3.8) is 0 Å². The van der Waals surface area contributed by atoms with Gasteiger partial charge >= 0.3 is 8.03 Å². The number of rotatable bonds is 7. The Labute approximate surface area is 85.8 Å². The van der Waals surface area contributed by atoms with Crippen molar-refractivity contribution in [1.82, 2.24) is 0 Å². The van der Waals surface area contributed by atoms with E-state index in [2.05, 4.69) is 0 Å². The third-order valence-electron chi connectivity index (χ3n) is 1.57. The van der Waals surface area contributed by atoms with Crippen molar-refractivity contribution in [2.75, 3.05) is 47.1 Å². The third kappa shape index (κ3) is 8.53. The van der Waals surface area contributed by atoms with E-state index >= 15 is 0 Å². The van der Waals surface area contributed by atoms with Gasteiger partial charge in [0.25, 0.3) is 0 Å². The molecule has 2 atom stereocenters. The lowest BCUT2D eigenvalue weighted by molar-refractivity contribution is -0.870. The van der Waals surface area contributed by atoms with Crippen LogP contribution in [0.15, 0.2) is 0 Å². The number of hydrogen-bond donors (Lipinski definition) is 2. The fraction of sp³-hybridized carbons (Fsp3) is 1.00. The Kier molecular flexibility index (Phi) is 6.40. The van der Waals surface area contributed by atoms with Gasteiger partial charge in [-0.25, -0.2) is 0 Å². The molecule has 84 valence electrons. The largest absolute Gasteiger partial charge is 0.511 e. The Morgan fingerprint density at radius 3 is 2.43 bits per heavy atom. The summed E-state index contributed by atoms with van der Waals surface area (Å²) in [6, 6.07) is 0. The van der Waals surface area contributed by atoms with E-state index < -0.39 is 14.1 Å². The van der Waals surface area contributed by atoms with Gasteiger partial charge in [0.1, 0.15) is 12.6 Å². The van der Waals surface area contributed by atoms with Gasteiger partial charge in [0.05, 0.1) is 27.7 Å². The van der Waals surface area contributed by atoms with E-state index in [1.165, 1.54) is 0 Å². The lowest BCUT2D eigenvalue weighted by Gasteiger charge is -2.22. The van der Waals surface area contributed by atoms with E-state index in [1.807, 2.05) is 21.1 Å². The second-order valence-electron chi connectivity index (χ2n) is 4.20. The molecular weight excluding hydrogens is 205 g/mol. The maximum atomic E-state index is 11.1. The van der Waals surface area contributed by atoms with Gasteiger partial charge in [-0.3, -0.25) is 0 Å². The zero-order chi connectivity index (χ0) is 11.2. The fourth-order valence-corrected chi connectivity index (χ4v) is 1.55. The lowest BCUT2D eigenvalue weighted by Crippen LogP contribution is -2.37. The number of nitrogens with zero attached hydrogens (tertiary/aromatic N) is 1. The number of quaternary nitrogens is 1. The van der Waals surface area contributed by atoms with Gasteiger partial charge in [-0.05, 0) is 4.57 Å². The van der Waals surface area contributed by atoms with Crippen molar-refractivity contribution in [2.24, 2.45) is 0 Å². The Hall–Kier alpha value is -0.0600. The van der Waals surface area contributed by atoms with Crippen LogP contribution in [0.25, 0.3) is 0 Å². The first kappa shape index (κ1) is 13.9. The van der Waals surface area contributed by atoms with Crippen LogP contribution in [0.2, 0.25) is 0 Å². The highest BCUT2D eigenvalue weighted by Crippen LogP contribution is 2.22. The zero-order valence-electron chi connectivity index (χ0n) is 9.01. The average Bonchev–Trinajstić information content (AvgIpc) is 2.01. The van der Waals surface area contributed by atoms with Crippen LogP contribution in [0.3, 0.4) is 0 Å². The van der Waals surface area contributed by atoms with Crippen LogP contribution in [0.4, 0.5) is 0 Å². The first-order valence-electron chi connectivity index (χ1n) is 4.52. The zero-order valence-corrected chi connectivity index (χ0v) is 9.91. The van der Waals surface area contributed by atoms with Crippen molar-refractivity contribution >= 4 is 8.03 Å².